The third kappa shape index (κ3) is 5.87. The SMILES string of the molecule is COCC(Cl)CCNC(=O)C1CCCC(C(F)(F)F)C1. The molecule has 0 spiro atoms. The van der Waals surface area contributed by atoms with Gasteiger partial charge in [0.15, 0.2) is 0 Å². The molecule has 118 valence electrons. The van der Waals surface area contributed by atoms with Gasteiger partial charge < -0.3 is 10.1 Å². The second-order valence-electron chi connectivity index (χ2n) is 5.23. The van der Waals surface area contributed by atoms with Crippen molar-refractivity contribution < 1.29 is 22.7 Å². The molecule has 3 atom stereocenters. The fraction of sp³-hybridized carbons (Fsp3) is 0.923. The second-order valence-corrected chi connectivity index (χ2v) is 5.85. The van der Waals surface area contributed by atoms with Crippen LogP contribution in [-0.2, 0) is 9.53 Å². The van der Waals surface area contributed by atoms with E-state index in [0.29, 0.717) is 32.4 Å². The Morgan fingerprint density at radius 1 is 1.45 bits per heavy atom. The highest BCUT2D eigenvalue weighted by molar-refractivity contribution is 6.20. The molecule has 1 rings (SSSR count). The van der Waals surface area contributed by atoms with E-state index in [1.807, 2.05) is 0 Å². The van der Waals surface area contributed by atoms with Gasteiger partial charge in [0.25, 0.3) is 0 Å². The first-order chi connectivity index (χ1) is 9.34. The molecule has 1 saturated carbocycles. The molecule has 0 aromatic rings. The molecule has 20 heavy (non-hydrogen) atoms. The molecule has 1 N–H and O–H groups in total. The van der Waals surface area contributed by atoms with E-state index in [2.05, 4.69) is 5.32 Å². The van der Waals surface area contributed by atoms with Crippen molar-refractivity contribution in [3.63, 3.8) is 0 Å². The van der Waals surface area contributed by atoms with Gasteiger partial charge in [-0.2, -0.15) is 13.2 Å². The summed E-state index contributed by atoms with van der Waals surface area (Å²) in [7, 11) is 1.53. The van der Waals surface area contributed by atoms with Crippen molar-refractivity contribution in [2.24, 2.45) is 11.8 Å². The summed E-state index contributed by atoms with van der Waals surface area (Å²) in [6.07, 6.45) is -2.65. The molecule has 1 amide bonds. The van der Waals surface area contributed by atoms with E-state index in [0.717, 1.165) is 0 Å². The highest BCUT2D eigenvalue weighted by Gasteiger charge is 2.43. The minimum atomic E-state index is -4.20. The maximum absolute atomic E-state index is 12.7. The summed E-state index contributed by atoms with van der Waals surface area (Å²) in [6, 6.07) is 0. The number of alkyl halides is 4. The summed E-state index contributed by atoms with van der Waals surface area (Å²) >= 11 is 5.91. The molecule has 0 saturated heterocycles. The van der Waals surface area contributed by atoms with Gasteiger partial charge in [0.2, 0.25) is 5.91 Å². The molecule has 7 heteroatoms. The Kier molecular flexibility index (Phi) is 7.09. The Labute approximate surface area is 122 Å². The Morgan fingerprint density at radius 3 is 2.75 bits per heavy atom. The lowest BCUT2D eigenvalue weighted by Gasteiger charge is -2.29. The van der Waals surface area contributed by atoms with Crippen LogP contribution >= 0.6 is 11.6 Å². The van der Waals surface area contributed by atoms with Gasteiger partial charge in [-0.25, -0.2) is 0 Å². The number of amides is 1. The number of carbonyl (C=O) groups excluding carboxylic acids is 1. The minimum Gasteiger partial charge on any atom is -0.383 e. The molecule has 1 fully saturated rings. The van der Waals surface area contributed by atoms with E-state index in [-0.39, 0.29) is 24.1 Å². The van der Waals surface area contributed by atoms with E-state index < -0.39 is 18.0 Å². The lowest BCUT2D eigenvalue weighted by Crippen LogP contribution is -2.38. The van der Waals surface area contributed by atoms with Crippen LogP contribution < -0.4 is 5.32 Å². The van der Waals surface area contributed by atoms with Gasteiger partial charge in [0.05, 0.1) is 17.9 Å². The first kappa shape index (κ1) is 17.6. The van der Waals surface area contributed by atoms with Crippen molar-refractivity contribution in [2.75, 3.05) is 20.3 Å². The van der Waals surface area contributed by atoms with E-state index in [1.165, 1.54) is 7.11 Å². The Bertz CT molecular complexity index is 312. The van der Waals surface area contributed by atoms with Crippen molar-refractivity contribution in [1.29, 1.82) is 0 Å². The van der Waals surface area contributed by atoms with Crippen LogP contribution in [0, 0.1) is 11.8 Å². The first-order valence-corrected chi connectivity index (χ1v) is 7.25. The van der Waals surface area contributed by atoms with Crippen molar-refractivity contribution in [3.05, 3.63) is 0 Å². The zero-order chi connectivity index (χ0) is 15.2. The fourth-order valence-corrected chi connectivity index (χ4v) is 2.72. The maximum Gasteiger partial charge on any atom is 0.391 e. The number of rotatable bonds is 6. The standard InChI is InChI=1S/C13H21ClF3NO2/c1-20-8-11(14)5-6-18-12(19)9-3-2-4-10(7-9)13(15,16)17/h9-11H,2-8H2,1H3,(H,18,19). The summed E-state index contributed by atoms with van der Waals surface area (Å²) in [6.45, 7) is 0.751. The van der Waals surface area contributed by atoms with E-state index in [4.69, 9.17) is 16.3 Å². The van der Waals surface area contributed by atoms with Crippen LogP contribution in [0.4, 0.5) is 13.2 Å². The molecule has 0 heterocycles. The van der Waals surface area contributed by atoms with E-state index in [9.17, 15) is 18.0 Å². The molecule has 0 aliphatic heterocycles. The van der Waals surface area contributed by atoms with Gasteiger partial charge >= 0.3 is 6.18 Å². The molecule has 3 nitrogen and oxygen atoms in total. The molecular formula is C13H21ClF3NO2. The number of methoxy groups -OCH3 is 1. The maximum atomic E-state index is 12.7. The Morgan fingerprint density at radius 2 is 2.15 bits per heavy atom. The molecule has 3 unspecified atom stereocenters. The average molecular weight is 316 g/mol. The van der Waals surface area contributed by atoms with Gasteiger partial charge in [-0.1, -0.05) is 6.42 Å². The number of hydrogen-bond acceptors (Lipinski definition) is 2. The van der Waals surface area contributed by atoms with Crippen LogP contribution in [0.3, 0.4) is 0 Å². The third-order valence-electron chi connectivity index (χ3n) is 3.61. The lowest BCUT2D eigenvalue weighted by molar-refractivity contribution is -0.186. The average Bonchev–Trinajstić information content (AvgIpc) is 2.38. The van der Waals surface area contributed by atoms with E-state index >= 15 is 0 Å². The van der Waals surface area contributed by atoms with Crippen LogP contribution in [-0.4, -0.2) is 37.7 Å². The van der Waals surface area contributed by atoms with Crippen molar-refractivity contribution in [1.82, 2.24) is 5.32 Å². The second kappa shape index (κ2) is 8.08. The van der Waals surface area contributed by atoms with Gasteiger partial charge in [-0.3, -0.25) is 4.79 Å². The molecule has 0 aromatic heterocycles. The zero-order valence-corrected chi connectivity index (χ0v) is 12.3. The summed E-state index contributed by atoms with van der Waals surface area (Å²) in [5.41, 5.74) is 0. The third-order valence-corrected chi connectivity index (χ3v) is 3.96. The fourth-order valence-electron chi connectivity index (χ4n) is 2.49. The molecular weight excluding hydrogens is 295 g/mol. The molecule has 0 radical (unpaired) electrons. The van der Waals surface area contributed by atoms with Crippen molar-refractivity contribution in [2.45, 2.75) is 43.7 Å². The van der Waals surface area contributed by atoms with Crippen LogP contribution in [0.25, 0.3) is 0 Å². The van der Waals surface area contributed by atoms with Crippen LogP contribution in [0.15, 0.2) is 0 Å². The molecule has 1 aliphatic rings. The highest BCUT2D eigenvalue weighted by Crippen LogP contribution is 2.39. The van der Waals surface area contributed by atoms with Crippen LogP contribution in [0.5, 0.6) is 0 Å². The predicted octanol–water partition coefficient (Wildman–Crippen LogP) is 3.12. The number of ether oxygens (including phenoxy) is 1. The molecule has 0 aromatic carbocycles. The van der Waals surface area contributed by atoms with E-state index in [1.54, 1.807) is 0 Å². The minimum absolute atomic E-state index is 0.0995. The van der Waals surface area contributed by atoms with Gasteiger partial charge in [-0.05, 0) is 25.7 Å². The summed E-state index contributed by atoms with van der Waals surface area (Å²) in [5, 5.41) is 2.47. The van der Waals surface area contributed by atoms with Crippen molar-refractivity contribution >= 4 is 17.5 Å². The van der Waals surface area contributed by atoms with Gasteiger partial charge in [0.1, 0.15) is 0 Å². The largest absolute Gasteiger partial charge is 0.391 e. The summed E-state index contributed by atoms with van der Waals surface area (Å²) < 4.78 is 42.8. The first-order valence-electron chi connectivity index (χ1n) is 6.82. The molecule has 0 bridgehead atoms. The number of nitrogens with one attached hydrogen (secondary N) is 1. The topological polar surface area (TPSA) is 38.3 Å². The Balaban J connectivity index is 2.32. The summed E-state index contributed by atoms with van der Waals surface area (Å²) in [4.78, 5) is 11.9. The zero-order valence-electron chi connectivity index (χ0n) is 11.5. The number of halogens is 4. The monoisotopic (exact) mass is 315 g/mol. The normalized spacial score (nSPS) is 25.2. The summed E-state index contributed by atoms with van der Waals surface area (Å²) in [5.74, 6) is -2.17. The number of hydrogen-bond donors (Lipinski definition) is 1. The van der Waals surface area contributed by atoms with Crippen LogP contribution in [0.1, 0.15) is 32.1 Å². The van der Waals surface area contributed by atoms with Gasteiger partial charge in [-0.15, -0.1) is 11.6 Å². The van der Waals surface area contributed by atoms with Gasteiger partial charge in [0, 0.05) is 19.6 Å². The lowest BCUT2D eigenvalue weighted by atomic mass is 9.80. The predicted molar refractivity (Wildman–Crippen MR) is 70.6 cm³/mol. The smallest absolute Gasteiger partial charge is 0.383 e. The quantitative estimate of drug-likeness (QED) is 0.765. The van der Waals surface area contributed by atoms with Crippen LogP contribution in [0.2, 0.25) is 0 Å². The number of carbonyl (C=O) groups is 1. The molecule has 1 aliphatic carbocycles. The Hall–Kier alpha value is -0.490. The highest BCUT2D eigenvalue weighted by atomic mass is 35.5. The van der Waals surface area contributed by atoms with Crippen molar-refractivity contribution in [3.8, 4) is 0 Å².